The number of amides is 1. The Kier molecular flexibility index (Phi) is 7.06. The number of rotatable bonds is 3. The summed E-state index contributed by atoms with van der Waals surface area (Å²) in [7, 11) is 0. The molecule has 3 rings (SSSR count). The molecule has 1 aliphatic heterocycles. The van der Waals surface area contributed by atoms with E-state index in [1.165, 1.54) is 5.56 Å². The third kappa shape index (κ3) is 5.57. The van der Waals surface area contributed by atoms with E-state index in [-0.39, 0.29) is 11.3 Å². The Morgan fingerprint density at radius 3 is 2.38 bits per heavy atom. The quantitative estimate of drug-likeness (QED) is 0.763. The molecule has 0 aliphatic carbocycles. The fraction of sp³-hybridized carbons (Fsp3) is 0.500. The number of pyridine rings is 1. The third-order valence-electron chi connectivity index (χ3n) is 4.77. The molecule has 1 amide bonds. The van der Waals surface area contributed by atoms with Gasteiger partial charge in [-0.15, -0.1) is 0 Å². The van der Waals surface area contributed by atoms with Crippen LogP contribution in [0, 0.1) is 6.92 Å². The minimum Gasteiger partial charge on any atom is -0.461 e. The zero-order chi connectivity index (χ0) is 21.8. The Balaban J connectivity index is 0.00000145. The van der Waals surface area contributed by atoms with Gasteiger partial charge in [-0.1, -0.05) is 46.8 Å². The highest BCUT2D eigenvalue weighted by Gasteiger charge is 2.30. The van der Waals surface area contributed by atoms with Gasteiger partial charge in [0, 0.05) is 37.7 Å². The summed E-state index contributed by atoms with van der Waals surface area (Å²) in [6, 6.07) is 7.75. The summed E-state index contributed by atoms with van der Waals surface area (Å²) < 4.78 is 11.7. The van der Waals surface area contributed by atoms with Crippen LogP contribution in [0.1, 0.15) is 81.2 Å². The average molecular weight is 399 g/mol. The largest absolute Gasteiger partial charge is 0.461 e. The lowest BCUT2D eigenvalue weighted by molar-refractivity contribution is -0.180. The predicted octanol–water partition coefficient (Wildman–Crippen LogP) is 5.29. The van der Waals surface area contributed by atoms with Gasteiger partial charge in [0.2, 0.25) is 5.79 Å². The minimum atomic E-state index is -0.671. The van der Waals surface area contributed by atoms with Crippen molar-refractivity contribution in [3.05, 3.63) is 58.4 Å². The van der Waals surface area contributed by atoms with E-state index in [9.17, 15) is 4.79 Å². The van der Waals surface area contributed by atoms with E-state index in [4.69, 9.17) is 9.47 Å². The lowest BCUT2D eigenvalue weighted by atomic mass is 9.87. The maximum Gasteiger partial charge on any atom is 0.251 e. The first-order chi connectivity index (χ1) is 13.6. The number of carbonyl (C=O) groups is 1. The number of hydrogen-bond donors (Lipinski definition) is 1. The third-order valence-corrected chi connectivity index (χ3v) is 4.77. The highest BCUT2D eigenvalue weighted by Crippen LogP contribution is 2.35. The molecule has 29 heavy (non-hydrogen) atoms. The van der Waals surface area contributed by atoms with Crippen LogP contribution < -0.4 is 10.1 Å². The molecule has 0 bridgehead atoms. The molecule has 2 aromatic rings. The van der Waals surface area contributed by atoms with Crippen molar-refractivity contribution in [2.24, 2.45) is 0 Å². The molecule has 0 saturated heterocycles. The molecule has 1 N–H and O–H groups in total. The summed E-state index contributed by atoms with van der Waals surface area (Å²) in [5, 5.41) is 2.97. The number of aromatic nitrogens is 1. The van der Waals surface area contributed by atoms with Crippen LogP contribution in [0.5, 0.6) is 5.75 Å². The average Bonchev–Trinajstić information content (AvgIpc) is 2.68. The smallest absolute Gasteiger partial charge is 0.251 e. The normalized spacial score (nSPS) is 14.8. The second kappa shape index (κ2) is 8.95. The van der Waals surface area contributed by atoms with E-state index in [2.05, 4.69) is 31.1 Å². The van der Waals surface area contributed by atoms with Crippen molar-refractivity contribution in [3.63, 3.8) is 0 Å². The number of aryl methyl sites for hydroxylation is 1. The van der Waals surface area contributed by atoms with E-state index >= 15 is 0 Å². The number of nitrogens with one attached hydrogen (secondary N) is 1. The Morgan fingerprint density at radius 1 is 1.17 bits per heavy atom. The van der Waals surface area contributed by atoms with Crippen LogP contribution >= 0.6 is 0 Å². The van der Waals surface area contributed by atoms with Crippen LogP contribution in [0.4, 0.5) is 0 Å². The van der Waals surface area contributed by atoms with E-state index in [1.54, 1.807) is 6.20 Å². The van der Waals surface area contributed by atoms with E-state index < -0.39 is 5.79 Å². The first kappa shape index (κ1) is 22.9. The van der Waals surface area contributed by atoms with Gasteiger partial charge in [0.15, 0.2) is 0 Å². The zero-order valence-corrected chi connectivity index (χ0v) is 19.0. The summed E-state index contributed by atoms with van der Waals surface area (Å²) in [6.07, 6.45) is 1.78. The van der Waals surface area contributed by atoms with Gasteiger partial charge in [0.05, 0.1) is 12.3 Å². The van der Waals surface area contributed by atoms with Crippen molar-refractivity contribution in [2.45, 2.75) is 79.7 Å². The number of fused-ring (bicyclic) bond motifs is 1. The maximum absolute atomic E-state index is 12.5. The zero-order valence-electron chi connectivity index (χ0n) is 19.0. The molecule has 158 valence electrons. The van der Waals surface area contributed by atoms with Gasteiger partial charge < -0.3 is 14.8 Å². The van der Waals surface area contributed by atoms with Gasteiger partial charge in [-0.2, -0.15) is 0 Å². The molecule has 0 fully saturated rings. The lowest BCUT2D eigenvalue weighted by Gasteiger charge is -2.34. The van der Waals surface area contributed by atoms with Gasteiger partial charge in [0.1, 0.15) is 5.75 Å². The molecule has 1 aromatic heterocycles. The van der Waals surface area contributed by atoms with E-state index in [0.29, 0.717) is 18.7 Å². The van der Waals surface area contributed by atoms with Crippen LogP contribution in [0.25, 0.3) is 0 Å². The van der Waals surface area contributed by atoms with E-state index in [1.807, 2.05) is 58.9 Å². The Bertz CT molecular complexity index is 850. The molecule has 5 nitrogen and oxygen atoms in total. The number of benzene rings is 1. The van der Waals surface area contributed by atoms with E-state index in [0.717, 1.165) is 22.6 Å². The van der Waals surface area contributed by atoms with Crippen LogP contribution in [0.15, 0.2) is 30.5 Å². The molecule has 2 heterocycles. The summed E-state index contributed by atoms with van der Waals surface area (Å²) in [5.74, 6) is -0.0221. The van der Waals surface area contributed by atoms with Crippen molar-refractivity contribution in [3.8, 4) is 5.75 Å². The summed E-state index contributed by atoms with van der Waals surface area (Å²) in [4.78, 5) is 16.9. The van der Waals surface area contributed by atoms with Crippen LogP contribution in [-0.4, -0.2) is 16.7 Å². The second-order valence-electron chi connectivity index (χ2n) is 8.48. The van der Waals surface area contributed by atoms with Gasteiger partial charge in [-0.25, -0.2) is 0 Å². The second-order valence-corrected chi connectivity index (χ2v) is 8.48. The standard InChI is InChI=1S/C22H28N2O3.C2H6/c1-14-19-18(13-26-22(5,6)27-19)16(11-23-14)12-24-20(25)15-7-9-17(10-8-15)21(2,3)4;1-2/h7-11H,12-13H2,1-6H3,(H,24,25);1-2H3. The number of nitrogens with zero attached hydrogens (tertiary/aromatic N) is 1. The number of carbonyl (C=O) groups excluding carboxylic acids is 1. The van der Waals surface area contributed by atoms with Crippen molar-refractivity contribution < 1.29 is 14.3 Å². The van der Waals surface area contributed by atoms with Gasteiger partial charge in [0.25, 0.3) is 5.91 Å². The maximum atomic E-state index is 12.5. The fourth-order valence-electron chi connectivity index (χ4n) is 3.04. The van der Waals surface area contributed by atoms with Crippen LogP contribution in [0.3, 0.4) is 0 Å². The Labute approximate surface area is 174 Å². The Morgan fingerprint density at radius 2 is 1.79 bits per heavy atom. The summed E-state index contributed by atoms with van der Waals surface area (Å²) in [6.45, 7) is 17.0. The molecule has 1 aromatic carbocycles. The van der Waals surface area contributed by atoms with Crippen molar-refractivity contribution >= 4 is 5.91 Å². The summed E-state index contributed by atoms with van der Waals surface area (Å²) in [5.41, 5.74) is 4.60. The molecular formula is C24H34N2O3. The molecule has 1 aliphatic rings. The molecule has 0 atom stereocenters. The molecule has 0 saturated carbocycles. The number of hydrogen-bond acceptors (Lipinski definition) is 4. The topological polar surface area (TPSA) is 60.5 Å². The Hall–Kier alpha value is -2.40. The lowest BCUT2D eigenvalue weighted by Crippen LogP contribution is -2.36. The van der Waals surface area contributed by atoms with Crippen molar-refractivity contribution in [2.75, 3.05) is 0 Å². The first-order valence-electron chi connectivity index (χ1n) is 10.3. The SMILES string of the molecule is CC.Cc1ncc(CNC(=O)c2ccc(C(C)(C)C)cc2)c2c1OC(C)(C)OC2. The van der Waals surface area contributed by atoms with Crippen molar-refractivity contribution in [1.82, 2.24) is 10.3 Å². The molecule has 0 radical (unpaired) electrons. The van der Waals surface area contributed by atoms with Crippen LogP contribution in [-0.2, 0) is 23.3 Å². The van der Waals surface area contributed by atoms with Gasteiger partial charge in [-0.05, 0) is 35.6 Å². The first-order valence-corrected chi connectivity index (χ1v) is 10.3. The number of ether oxygens (including phenoxy) is 2. The molecule has 0 unspecified atom stereocenters. The predicted molar refractivity (Wildman–Crippen MR) is 116 cm³/mol. The molecular weight excluding hydrogens is 364 g/mol. The highest BCUT2D eigenvalue weighted by atomic mass is 16.7. The van der Waals surface area contributed by atoms with Gasteiger partial charge >= 0.3 is 0 Å². The molecule has 0 spiro atoms. The van der Waals surface area contributed by atoms with Crippen LogP contribution in [0.2, 0.25) is 0 Å². The fourth-order valence-corrected chi connectivity index (χ4v) is 3.04. The monoisotopic (exact) mass is 398 g/mol. The van der Waals surface area contributed by atoms with Gasteiger partial charge in [-0.3, -0.25) is 9.78 Å². The molecule has 5 heteroatoms. The minimum absolute atomic E-state index is 0.0649. The summed E-state index contributed by atoms with van der Waals surface area (Å²) >= 11 is 0. The van der Waals surface area contributed by atoms with Crippen molar-refractivity contribution in [1.29, 1.82) is 0 Å². The highest BCUT2D eigenvalue weighted by molar-refractivity contribution is 5.94.